The van der Waals surface area contributed by atoms with Crippen molar-refractivity contribution in [1.29, 1.82) is 5.26 Å². The number of nitro benzene ring substituents is 1. The van der Waals surface area contributed by atoms with Gasteiger partial charge in [0.1, 0.15) is 28.3 Å². The van der Waals surface area contributed by atoms with E-state index in [2.05, 4.69) is 10.3 Å². The molecule has 0 amide bonds. The number of anilines is 1. The highest BCUT2D eigenvalue weighted by Crippen LogP contribution is 2.27. The fourth-order valence-electron chi connectivity index (χ4n) is 2.18. The number of nitrogens with one attached hydrogen (secondary N) is 1. The van der Waals surface area contributed by atoms with Gasteiger partial charge in [0.05, 0.1) is 16.3 Å². The maximum absolute atomic E-state index is 13.6. The summed E-state index contributed by atoms with van der Waals surface area (Å²) in [6.07, 6.45) is 1.29. The first-order valence-electron chi connectivity index (χ1n) is 7.50. The number of nitrogens with zero attached hydrogens (tertiary/aromatic N) is 3. The molecule has 1 heterocycles. The summed E-state index contributed by atoms with van der Waals surface area (Å²) in [4.78, 5) is 14.6. The zero-order valence-electron chi connectivity index (χ0n) is 13.5. The lowest BCUT2D eigenvalue weighted by Gasteiger charge is -2.03. The van der Waals surface area contributed by atoms with Crippen LogP contribution in [0.25, 0.3) is 16.8 Å². The zero-order valence-corrected chi connectivity index (χ0v) is 14.3. The van der Waals surface area contributed by atoms with Crippen LogP contribution in [0.5, 0.6) is 0 Å². The molecule has 0 aliphatic heterocycles. The summed E-state index contributed by atoms with van der Waals surface area (Å²) in [5, 5.41) is 24.8. The Morgan fingerprint density at radius 3 is 2.63 bits per heavy atom. The van der Waals surface area contributed by atoms with Gasteiger partial charge in [-0.3, -0.25) is 10.1 Å². The van der Waals surface area contributed by atoms with Crippen molar-refractivity contribution >= 4 is 28.3 Å². The lowest BCUT2D eigenvalue weighted by molar-refractivity contribution is -0.384. The molecule has 134 valence electrons. The maximum Gasteiger partial charge on any atom is 0.269 e. The summed E-state index contributed by atoms with van der Waals surface area (Å²) in [5.41, 5.74) is 1.38. The third-order valence-electron chi connectivity index (χ3n) is 3.53. The molecule has 3 rings (SSSR count). The van der Waals surface area contributed by atoms with Gasteiger partial charge in [0.15, 0.2) is 0 Å². The van der Waals surface area contributed by atoms with Crippen LogP contribution in [0.3, 0.4) is 0 Å². The molecule has 0 atom stereocenters. The van der Waals surface area contributed by atoms with Crippen molar-refractivity contribution in [3.8, 4) is 17.3 Å². The summed E-state index contributed by atoms with van der Waals surface area (Å²) in [6, 6.07) is 10.9. The fourth-order valence-corrected chi connectivity index (χ4v) is 2.98. The zero-order chi connectivity index (χ0) is 19.4. The third kappa shape index (κ3) is 4.13. The molecule has 0 radical (unpaired) electrons. The van der Waals surface area contributed by atoms with Crippen LogP contribution in [-0.2, 0) is 0 Å². The Balaban J connectivity index is 1.82. The van der Waals surface area contributed by atoms with Gasteiger partial charge in [0.2, 0.25) is 0 Å². The molecule has 0 saturated carbocycles. The van der Waals surface area contributed by atoms with Crippen LogP contribution in [0.2, 0.25) is 0 Å². The predicted molar refractivity (Wildman–Crippen MR) is 97.8 cm³/mol. The monoisotopic (exact) mass is 384 g/mol. The van der Waals surface area contributed by atoms with Crippen LogP contribution >= 0.6 is 11.3 Å². The van der Waals surface area contributed by atoms with E-state index in [1.165, 1.54) is 35.7 Å². The van der Waals surface area contributed by atoms with E-state index >= 15 is 0 Å². The van der Waals surface area contributed by atoms with E-state index in [-0.39, 0.29) is 16.9 Å². The SMILES string of the molecule is N#CC(=CNc1ccc(F)cc1F)c1nc(-c2ccc([N+](=O)[O-])cc2)cs1. The van der Waals surface area contributed by atoms with Crippen LogP contribution < -0.4 is 5.32 Å². The van der Waals surface area contributed by atoms with E-state index in [0.717, 1.165) is 12.1 Å². The number of aromatic nitrogens is 1. The number of hydrogen-bond donors (Lipinski definition) is 1. The first-order valence-corrected chi connectivity index (χ1v) is 8.38. The molecule has 0 fully saturated rings. The van der Waals surface area contributed by atoms with Gasteiger partial charge < -0.3 is 5.32 Å². The van der Waals surface area contributed by atoms with Crippen LogP contribution in [0.15, 0.2) is 54.0 Å². The minimum atomic E-state index is -0.783. The number of allylic oxidation sites excluding steroid dienone is 1. The van der Waals surface area contributed by atoms with Crippen molar-refractivity contribution in [3.63, 3.8) is 0 Å². The summed E-state index contributed by atoms with van der Waals surface area (Å²) in [7, 11) is 0. The van der Waals surface area contributed by atoms with E-state index in [4.69, 9.17) is 0 Å². The van der Waals surface area contributed by atoms with Crippen molar-refractivity contribution in [2.24, 2.45) is 0 Å². The Morgan fingerprint density at radius 1 is 1.26 bits per heavy atom. The molecule has 3 aromatic rings. The van der Waals surface area contributed by atoms with Gasteiger partial charge >= 0.3 is 0 Å². The molecule has 0 bridgehead atoms. The van der Waals surface area contributed by atoms with E-state index in [1.54, 1.807) is 17.5 Å². The number of benzene rings is 2. The largest absolute Gasteiger partial charge is 0.358 e. The summed E-state index contributed by atoms with van der Waals surface area (Å²) >= 11 is 1.20. The van der Waals surface area contributed by atoms with Crippen molar-refractivity contribution in [3.05, 3.63) is 80.8 Å². The van der Waals surface area contributed by atoms with Gasteiger partial charge in [0.25, 0.3) is 5.69 Å². The maximum atomic E-state index is 13.6. The first-order chi connectivity index (χ1) is 13.0. The average molecular weight is 384 g/mol. The Labute approximate surface area is 156 Å². The Morgan fingerprint density at radius 2 is 2.00 bits per heavy atom. The number of non-ortho nitro benzene ring substituents is 1. The molecule has 0 unspecified atom stereocenters. The van der Waals surface area contributed by atoms with Gasteiger partial charge in [0, 0.05) is 35.3 Å². The average Bonchev–Trinajstić information content (AvgIpc) is 3.14. The summed E-state index contributed by atoms with van der Waals surface area (Å²) in [6.45, 7) is 0. The minimum Gasteiger partial charge on any atom is -0.358 e. The molecule has 1 N–H and O–H groups in total. The lowest BCUT2D eigenvalue weighted by atomic mass is 10.1. The highest BCUT2D eigenvalue weighted by molar-refractivity contribution is 7.11. The molecule has 0 aliphatic rings. The van der Waals surface area contributed by atoms with E-state index in [9.17, 15) is 24.2 Å². The highest BCUT2D eigenvalue weighted by Gasteiger charge is 2.11. The fraction of sp³-hybridized carbons (Fsp3) is 0. The van der Waals surface area contributed by atoms with Gasteiger partial charge in [-0.15, -0.1) is 11.3 Å². The van der Waals surface area contributed by atoms with E-state index in [1.807, 2.05) is 6.07 Å². The van der Waals surface area contributed by atoms with Crippen molar-refractivity contribution < 1.29 is 13.7 Å². The number of nitro groups is 1. The topological polar surface area (TPSA) is 91.8 Å². The number of halogens is 2. The van der Waals surface area contributed by atoms with Crippen LogP contribution in [0, 0.1) is 33.1 Å². The van der Waals surface area contributed by atoms with Gasteiger partial charge in [-0.05, 0) is 24.3 Å². The molecule has 2 aromatic carbocycles. The van der Waals surface area contributed by atoms with Crippen molar-refractivity contribution in [1.82, 2.24) is 4.98 Å². The number of thiazole rings is 1. The van der Waals surface area contributed by atoms with Crippen LogP contribution in [0.1, 0.15) is 5.01 Å². The Kier molecular flexibility index (Phi) is 5.19. The van der Waals surface area contributed by atoms with E-state index < -0.39 is 16.6 Å². The van der Waals surface area contributed by atoms with Crippen LogP contribution in [0.4, 0.5) is 20.2 Å². The second-order valence-electron chi connectivity index (χ2n) is 5.28. The van der Waals surface area contributed by atoms with Gasteiger partial charge in [-0.2, -0.15) is 5.26 Å². The number of hydrogen-bond acceptors (Lipinski definition) is 6. The second-order valence-corrected chi connectivity index (χ2v) is 6.14. The minimum absolute atomic E-state index is 0.0244. The molecule has 0 spiro atoms. The normalized spacial score (nSPS) is 11.1. The van der Waals surface area contributed by atoms with Crippen molar-refractivity contribution in [2.75, 3.05) is 5.32 Å². The van der Waals surface area contributed by atoms with E-state index in [0.29, 0.717) is 16.3 Å². The van der Waals surface area contributed by atoms with Crippen LogP contribution in [-0.4, -0.2) is 9.91 Å². The molecular formula is C18H10F2N4O2S. The predicted octanol–water partition coefficient (Wildman–Crippen LogP) is 4.97. The Bertz CT molecular complexity index is 1070. The quantitative estimate of drug-likeness (QED) is 0.381. The van der Waals surface area contributed by atoms with Gasteiger partial charge in [-0.25, -0.2) is 13.8 Å². The van der Waals surface area contributed by atoms with Crippen molar-refractivity contribution in [2.45, 2.75) is 0 Å². The lowest BCUT2D eigenvalue weighted by Crippen LogP contribution is -1.94. The standard InChI is InChI=1S/C18H10F2N4O2S/c19-13-3-6-16(15(20)7-13)22-9-12(8-21)18-23-17(10-27-18)11-1-4-14(5-2-11)24(25)26/h1-7,9-10,22H. The van der Waals surface area contributed by atoms with Gasteiger partial charge in [-0.1, -0.05) is 0 Å². The highest BCUT2D eigenvalue weighted by atomic mass is 32.1. The number of nitriles is 1. The molecule has 0 aliphatic carbocycles. The molecule has 6 nitrogen and oxygen atoms in total. The molecule has 0 saturated heterocycles. The molecule has 27 heavy (non-hydrogen) atoms. The number of rotatable bonds is 5. The smallest absolute Gasteiger partial charge is 0.269 e. The first kappa shape index (κ1) is 18.2. The summed E-state index contributed by atoms with van der Waals surface area (Å²) in [5.74, 6) is -1.48. The Hall–Kier alpha value is -3.64. The molecule has 1 aromatic heterocycles. The molecular weight excluding hydrogens is 374 g/mol. The second kappa shape index (κ2) is 7.72. The third-order valence-corrected chi connectivity index (χ3v) is 4.41. The molecule has 9 heteroatoms. The summed E-state index contributed by atoms with van der Waals surface area (Å²) < 4.78 is 26.6.